The van der Waals surface area contributed by atoms with Crippen LogP contribution in [0.25, 0.3) is 0 Å². The number of rotatable bonds is 12. The van der Waals surface area contributed by atoms with Crippen LogP contribution in [0.2, 0.25) is 15.1 Å². The normalized spacial score (nSPS) is 12.0. The average molecular weight is 611 g/mol. The summed E-state index contributed by atoms with van der Waals surface area (Å²) >= 11 is 18.4. The molecule has 0 fully saturated rings. The van der Waals surface area contributed by atoms with Gasteiger partial charge < -0.3 is 10.2 Å². The summed E-state index contributed by atoms with van der Waals surface area (Å²) in [7, 11) is -4.21. The quantitative estimate of drug-likeness (QED) is 0.248. The highest BCUT2D eigenvalue weighted by Crippen LogP contribution is 2.30. The number of halogens is 3. The number of unbranched alkanes of at least 4 members (excludes halogenated alkanes) is 1. The molecular weight excluding hydrogens is 581 g/mol. The van der Waals surface area contributed by atoms with Crippen LogP contribution in [0.4, 0.5) is 5.69 Å². The first-order chi connectivity index (χ1) is 18.5. The Hall–Kier alpha value is -2.78. The van der Waals surface area contributed by atoms with E-state index in [1.54, 1.807) is 49.4 Å². The van der Waals surface area contributed by atoms with E-state index in [-0.39, 0.29) is 33.1 Å². The first-order valence-electron chi connectivity index (χ1n) is 12.4. The van der Waals surface area contributed by atoms with Gasteiger partial charge in [0, 0.05) is 28.2 Å². The molecule has 0 aliphatic rings. The molecule has 7 nitrogen and oxygen atoms in total. The fourth-order valence-electron chi connectivity index (χ4n) is 3.84. The lowest BCUT2D eigenvalue weighted by Gasteiger charge is -2.32. The van der Waals surface area contributed by atoms with Gasteiger partial charge in [0.1, 0.15) is 12.6 Å². The van der Waals surface area contributed by atoms with Crippen molar-refractivity contribution < 1.29 is 18.0 Å². The maximum Gasteiger partial charge on any atom is 0.264 e. The van der Waals surface area contributed by atoms with Gasteiger partial charge in [-0.1, -0.05) is 78.5 Å². The van der Waals surface area contributed by atoms with E-state index in [0.29, 0.717) is 11.6 Å². The molecule has 2 amide bonds. The van der Waals surface area contributed by atoms with Gasteiger partial charge in [0.15, 0.2) is 0 Å². The molecule has 0 radical (unpaired) electrons. The number of anilines is 1. The molecule has 0 aliphatic heterocycles. The van der Waals surface area contributed by atoms with E-state index in [1.165, 1.54) is 35.2 Å². The minimum atomic E-state index is -4.21. The summed E-state index contributed by atoms with van der Waals surface area (Å²) in [6.07, 6.45) is 1.69. The lowest BCUT2D eigenvalue weighted by Crippen LogP contribution is -2.51. The minimum absolute atomic E-state index is 0.0106. The van der Waals surface area contributed by atoms with Crippen LogP contribution >= 0.6 is 34.8 Å². The molecule has 11 heteroatoms. The SMILES string of the molecule is CCCCNC(=O)C(C)N(Cc1ccc(Cl)cc1)C(=O)CN(c1cc(Cl)cc(Cl)c1)S(=O)(=O)c1ccccc1. The largest absolute Gasteiger partial charge is 0.354 e. The second-order valence-electron chi connectivity index (χ2n) is 8.92. The summed E-state index contributed by atoms with van der Waals surface area (Å²) in [5.74, 6) is -0.923. The Morgan fingerprint density at radius 3 is 2.10 bits per heavy atom. The molecule has 3 aromatic carbocycles. The molecule has 0 aliphatic carbocycles. The Morgan fingerprint density at radius 1 is 0.897 bits per heavy atom. The van der Waals surface area contributed by atoms with Gasteiger partial charge in [-0.25, -0.2) is 8.42 Å². The fraction of sp³-hybridized carbons (Fsp3) is 0.286. The molecule has 0 bridgehead atoms. The first kappa shape index (κ1) is 30.8. The van der Waals surface area contributed by atoms with Crippen molar-refractivity contribution in [3.05, 3.63) is 93.4 Å². The predicted octanol–water partition coefficient (Wildman–Crippen LogP) is 6.18. The van der Waals surface area contributed by atoms with Gasteiger partial charge >= 0.3 is 0 Å². The number of nitrogens with zero attached hydrogens (tertiary/aromatic N) is 2. The van der Waals surface area contributed by atoms with Gasteiger partial charge in [-0.05, 0) is 61.4 Å². The number of hydrogen-bond donors (Lipinski definition) is 1. The molecule has 0 heterocycles. The lowest BCUT2D eigenvalue weighted by atomic mass is 10.1. The van der Waals surface area contributed by atoms with Crippen molar-refractivity contribution in [3.63, 3.8) is 0 Å². The Balaban J connectivity index is 2.01. The van der Waals surface area contributed by atoms with Crippen LogP contribution < -0.4 is 9.62 Å². The minimum Gasteiger partial charge on any atom is -0.354 e. The van der Waals surface area contributed by atoms with Crippen molar-refractivity contribution in [2.24, 2.45) is 0 Å². The summed E-state index contributed by atoms with van der Waals surface area (Å²) in [5, 5.41) is 3.79. The Labute approximate surface area is 244 Å². The van der Waals surface area contributed by atoms with Crippen molar-refractivity contribution in [1.29, 1.82) is 0 Å². The predicted molar refractivity (Wildman–Crippen MR) is 157 cm³/mol. The molecule has 1 unspecified atom stereocenters. The molecule has 0 saturated heterocycles. The van der Waals surface area contributed by atoms with Crippen LogP contribution in [0.3, 0.4) is 0 Å². The van der Waals surface area contributed by atoms with E-state index >= 15 is 0 Å². The summed E-state index contributed by atoms with van der Waals surface area (Å²) in [5.41, 5.74) is 0.848. The smallest absolute Gasteiger partial charge is 0.264 e. The summed E-state index contributed by atoms with van der Waals surface area (Å²) in [4.78, 5) is 28.2. The van der Waals surface area contributed by atoms with E-state index in [9.17, 15) is 18.0 Å². The second-order valence-corrected chi connectivity index (χ2v) is 12.1. The summed E-state index contributed by atoms with van der Waals surface area (Å²) < 4.78 is 28.5. The number of amides is 2. The van der Waals surface area contributed by atoms with Gasteiger partial charge in [0.2, 0.25) is 11.8 Å². The lowest BCUT2D eigenvalue weighted by molar-refractivity contribution is -0.139. The number of benzene rings is 3. The zero-order valence-corrected chi connectivity index (χ0v) is 24.7. The Bertz CT molecular complexity index is 1370. The summed E-state index contributed by atoms with van der Waals surface area (Å²) in [6, 6.07) is 18.1. The molecule has 1 atom stereocenters. The molecule has 39 heavy (non-hydrogen) atoms. The molecular formula is C28H30Cl3N3O4S. The third kappa shape index (κ3) is 8.35. The second kappa shape index (κ2) is 14.0. The number of nitrogens with one attached hydrogen (secondary N) is 1. The Kier molecular flexibility index (Phi) is 11.1. The van der Waals surface area contributed by atoms with Crippen molar-refractivity contribution in [2.45, 2.75) is 44.2 Å². The zero-order chi connectivity index (χ0) is 28.6. The third-order valence-corrected chi connectivity index (χ3v) is 8.48. The van der Waals surface area contributed by atoms with Crippen molar-refractivity contribution in [1.82, 2.24) is 10.2 Å². The standard InChI is InChI=1S/C28H30Cl3N3O4S/c1-3-4-14-32-28(36)20(2)33(18-21-10-12-22(29)13-11-21)27(35)19-34(25-16-23(30)15-24(31)17-25)39(37,38)26-8-6-5-7-9-26/h5-13,15-17,20H,3-4,14,18-19H2,1-2H3,(H,32,36). The highest BCUT2D eigenvalue weighted by molar-refractivity contribution is 7.92. The van der Waals surface area contributed by atoms with E-state index in [1.807, 2.05) is 6.92 Å². The van der Waals surface area contributed by atoms with Crippen molar-refractivity contribution in [2.75, 3.05) is 17.4 Å². The van der Waals surface area contributed by atoms with Crippen LogP contribution in [0, 0.1) is 0 Å². The highest BCUT2D eigenvalue weighted by atomic mass is 35.5. The molecule has 3 rings (SSSR count). The van der Waals surface area contributed by atoms with Gasteiger partial charge in [-0.15, -0.1) is 0 Å². The van der Waals surface area contributed by atoms with Crippen LogP contribution in [-0.4, -0.2) is 44.3 Å². The van der Waals surface area contributed by atoms with Crippen LogP contribution in [-0.2, 0) is 26.2 Å². The van der Waals surface area contributed by atoms with E-state index < -0.39 is 28.5 Å². The van der Waals surface area contributed by atoms with Crippen molar-refractivity contribution >= 4 is 62.3 Å². The van der Waals surface area contributed by atoms with Gasteiger partial charge in [0.25, 0.3) is 10.0 Å². The average Bonchev–Trinajstić information content (AvgIpc) is 2.90. The van der Waals surface area contributed by atoms with Crippen LogP contribution in [0.5, 0.6) is 0 Å². The first-order valence-corrected chi connectivity index (χ1v) is 15.0. The fourth-order valence-corrected chi connectivity index (χ4v) is 5.90. The number of carbonyl (C=O) groups is 2. The van der Waals surface area contributed by atoms with Gasteiger partial charge in [-0.3, -0.25) is 13.9 Å². The van der Waals surface area contributed by atoms with Gasteiger partial charge in [0.05, 0.1) is 10.6 Å². The maximum absolute atomic E-state index is 13.9. The van der Waals surface area contributed by atoms with E-state index in [0.717, 1.165) is 22.7 Å². The molecule has 0 saturated carbocycles. The summed E-state index contributed by atoms with van der Waals surface area (Å²) in [6.45, 7) is 3.57. The van der Waals surface area contributed by atoms with Crippen LogP contribution in [0.15, 0.2) is 77.7 Å². The third-order valence-electron chi connectivity index (χ3n) is 6.01. The van der Waals surface area contributed by atoms with Crippen LogP contribution in [0.1, 0.15) is 32.3 Å². The monoisotopic (exact) mass is 609 g/mol. The topological polar surface area (TPSA) is 86.8 Å². The van der Waals surface area contributed by atoms with Gasteiger partial charge in [-0.2, -0.15) is 0 Å². The molecule has 3 aromatic rings. The van der Waals surface area contributed by atoms with Crippen molar-refractivity contribution in [3.8, 4) is 0 Å². The maximum atomic E-state index is 13.9. The number of hydrogen-bond acceptors (Lipinski definition) is 4. The highest BCUT2D eigenvalue weighted by Gasteiger charge is 2.32. The van der Waals surface area contributed by atoms with E-state index in [2.05, 4.69) is 5.32 Å². The van der Waals surface area contributed by atoms with E-state index in [4.69, 9.17) is 34.8 Å². The molecule has 0 spiro atoms. The number of sulfonamides is 1. The number of carbonyl (C=O) groups excluding carboxylic acids is 2. The Morgan fingerprint density at radius 2 is 1.51 bits per heavy atom. The molecule has 208 valence electrons. The zero-order valence-electron chi connectivity index (χ0n) is 21.6. The molecule has 1 N–H and O–H groups in total. The molecule has 0 aromatic heterocycles.